The lowest BCUT2D eigenvalue weighted by atomic mass is 10.1. The highest BCUT2D eigenvalue weighted by Crippen LogP contribution is 2.28. The molecule has 1 amide bonds. The Morgan fingerprint density at radius 1 is 1.26 bits per heavy atom. The Kier molecular flexibility index (Phi) is 5.88. The molecule has 0 saturated carbocycles. The molecule has 0 aliphatic carbocycles. The van der Waals surface area contributed by atoms with E-state index >= 15 is 0 Å². The molecular weight excluding hydrogens is 314 g/mol. The van der Waals surface area contributed by atoms with Crippen molar-refractivity contribution in [3.63, 3.8) is 0 Å². The van der Waals surface area contributed by atoms with Crippen LogP contribution in [-0.4, -0.2) is 13.2 Å². The number of carbonyl (C=O) groups is 1. The van der Waals surface area contributed by atoms with Gasteiger partial charge in [-0.1, -0.05) is 42.8 Å². The van der Waals surface area contributed by atoms with Gasteiger partial charge in [0, 0.05) is 5.56 Å². The molecule has 2 aromatic rings. The molecule has 0 aliphatic heterocycles. The third-order valence-electron chi connectivity index (χ3n) is 3.54. The van der Waals surface area contributed by atoms with Crippen molar-refractivity contribution in [1.29, 1.82) is 0 Å². The first-order valence-corrected chi connectivity index (χ1v) is 7.77. The summed E-state index contributed by atoms with van der Waals surface area (Å²) >= 11 is 6.16. The number of halogens is 1. The van der Waals surface area contributed by atoms with Crippen molar-refractivity contribution in [1.82, 2.24) is 0 Å². The number of amides is 1. The lowest BCUT2D eigenvalue weighted by Crippen LogP contribution is -2.13. The molecule has 0 aliphatic rings. The number of ether oxygens (including phenoxy) is 2. The molecule has 0 unspecified atom stereocenters. The minimum absolute atomic E-state index is 0.298. The molecule has 2 rings (SSSR count). The first kappa shape index (κ1) is 17.2. The highest BCUT2D eigenvalue weighted by molar-refractivity contribution is 6.33. The van der Waals surface area contributed by atoms with Crippen molar-refractivity contribution in [2.45, 2.75) is 26.9 Å². The van der Waals surface area contributed by atoms with Crippen molar-refractivity contribution < 1.29 is 14.3 Å². The fourth-order valence-electron chi connectivity index (χ4n) is 2.23. The number of benzene rings is 2. The molecule has 0 radical (unpaired) electrons. The lowest BCUT2D eigenvalue weighted by molar-refractivity contribution is 0.187. The first-order chi connectivity index (χ1) is 11.0. The molecule has 0 bridgehead atoms. The van der Waals surface area contributed by atoms with Crippen LogP contribution in [0.4, 0.5) is 10.5 Å². The lowest BCUT2D eigenvalue weighted by Gasteiger charge is -2.14. The van der Waals surface area contributed by atoms with E-state index in [4.69, 9.17) is 16.3 Å². The Hall–Kier alpha value is -2.20. The third-order valence-corrected chi connectivity index (χ3v) is 3.86. The molecule has 0 heterocycles. The van der Waals surface area contributed by atoms with E-state index in [0.717, 1.165) is 23.3 Å². The Morgan fingerprint density at radius 2 is 2.04 bits per heavy atom. The van der Waals surface area contributed by atoms with Gasteiger partial charge in [0.15, 0.2) is 0 Å². The normalized spacial score (nSPS) is 10.3. The van der Waals surface area contributed by atoms with Gasteiger partial charge in [0.2, 0.25) is 0 Å². The maximum Gasteiger partial charge on any atom is 0.411 e. The summed E-state index contributed by atoms with van der Waals surface area (Å²) in [4.78, 5) is 11.5. The fourth-order valence-corrected chi connectivity index (χ4v) is 2.47. The van der Waals surface area contributed by atoms with Crippen LogP contribution in [0.1, 0.15) is 23.6 Å². The average Bonchev–Trinajstić information content (AvgIpc) is 2.56. The van der Waals surface area contributed by atoms with Gasteiger partial charge in [-0.3, -0.25) is 5.32 Å². The number of para-hydroxylation sites is 1. The van der Waals surface area contributed by atoms with Gasteiger partial charge in [0.05, 0.1) is 17.8 Å². The van der Waals surface area contributed by atoms with Crippen LogP contribution in [-0.2, 0) is 17.8 Å². The second kappa shape index (κ2) is 7.88. The van der Waals surface area contributed by atoms with Crippen LogP contribution in [0.25, 0.3) is 0 Å². The van der Waals surface area contributed by atoms with Gasteiger partial charge < -0.3 is 9.47 Å². The summed E-state index contributed by atoms with van der Waals surface area (Å²) in [7, 11) is 1.31. The third kappa shape index (κ3) is 4.39. The number of carbonyl (C=O) groups excluding carboxylic acids is 1. The molecule has 4 nitrogen and oxygen atoms in total. The summed E-state index contributed by atoms with van der Waals surface area (Å²) < 4.78 is 10.5. The summed E-state index contributed by atoms with van der Waals surface area (Å²) in [5.41, 5.74) is 3.63. The Labute approximate surface area is 141 Å². The van der Waals surface area contributed by atoms with Gasteiger partial charge in [-0.25, -0.2) is 4.79 Å². The SMILES string of the molecule is CCc1ccc(OCc2cccc(Cl)c2NC(=O)OC)c(C)c1. The minimum atomic E-state index is -0.567. The summed E-state index contributed by atoms with van der Waals surface area (Å²) in [5, 5.41) is 3.06. The van der Waals surface area contributed by atoms with E-state index in [1.807, 2.05) is 31.2 Å². The number of rotatable bonds is 5. The first-order valence-electron chi connectivity index (χ1n) is 7.39. The van der Waals surface area contributed by atoms with Crippen LogP contribution in [0.15, 0.2) is 36.4 Å². The maximum absolute atomic E-state index is 11.5. The molecule has 0 fully saturated rings. The molecule has 23 heavy (non-hydrogen) atoms. The van der Waals surface area contributed by atoms with Crippen molar-refractivity contribution in [2.75, 3.05) is 12.4 Å². The summed E-state index contributed by atoms with van der Waals surface area (Å²) in [6.07, 6.45) is 0.422. The quantitative estimate of drug-likeness (QED) is 0.840. The van der Waals surface area contributed by atoms with Crippen LogP contribution in [0, 0.1) is 6.92 Å². The fraction of sp³-hybridized carbons (Fsp3) is 0.278. The van der Waals surface area contributed by atoms with Crippen LogP contribution >= 0.6 is 11.6 Å². The molecule has 0 saturated heterocycles. The topological polar surface area (TPSA) is 47.6 Å². The second-order valence-corrected chi connectivity index (χ2v) is 5.54. The van der Waals surface area contributed by atoms with E-state index in [1.54, 1.807) is 6.07 Å². The highest BCUT2D eigenvalue weighted by Gasteiger charge is 2.12. The predicted octanol–water partition coefficient (Wildman–Crippen LogP) is 4.97. The summed E-state index contributed by atoms with van der Waals surface area (Å²) in [5.74, 6) is 0.811. The van der Waals surface area contributed by atoms with E-state index in [1.165, 1.54) is 12.7 Å². The standard InChI is InChI=1S/C18H20ClNO3/c1-4-13-8-9-16(12(2)10-13)23-11-14-6-5-7-15(19)17(14)20-18(21)22-3/h5-10H,4,11H2,1-3H3,(H,20,21). The van der Waals surface area contributed by atoms with Gasteiger partial charge in [-0.2, -0.15) is 0 Å². The molecule has 1 N–H and O–H groups in total. The molecular formula is C18H20ClNO3. The Bertz CT molecular complexity index is 701. The van der Waals surface area contributed by atoms with Crippen molar-refractivity contribution >= 4 is 23.4 Å². The monoisotopic (exact) mass is 333 g/mol. The number of aryl methyl sites for hydroxylation is 2. The molecule has 2 aromatic carbocycles. The van der Waals surface area contributed by atoms with Crippen LogP contribution in [0.5, 0.6) is 5.75 Å². The van der Waals surface area contributed by atoms with Crippen molar-refractivity contribution in [3.05, 3.63) is 58.1 Å². The molecule has 0 spiro atoms. The van der Waals surface area contributed by atoms with Crippen LogP contribution in [0.2, 0.25) is 5.02 Å². The van der Waals surface area contributed by atoms with Crippen molar-refractivity contribution in [3.8, 4) is 5.75 Å². The van der Waals surface area contributed by atoms with E-state index in [0.29, 0.717) is 17.3 Å². The molecule has 5 heteroatoms. The van der Waals surface area contributed by atoms with E-state index in [2.05, 4.69) is 23.0 Å². The number of anilines is 1. The van der Waals surface area contributed by atoms with Crippen LogP contribution < -0.4 is 10.1 Å². The number of hydrogen-bond donors (Lipinski definition) is 1. The van der Waals surface area contributed by atoms with Gasteiger partial charge >= 0.3 is 6.09 Å². The van der Waals surface area contributed by atoms with Gasteiger partial charge in [-0.15, -0.1) is 0 Å². The van der Waals surface area contributed by atoms with Crippen molar-refractivity contribution in [2.24, 2.45) is 0 Å². The smallest absolute Gasteiger partial charge is 0.411 e. The Balaban J connectivity index is 2.17. The molecule has 122 valence electrons. The number of methoxy groups -OCH3 is 1. The Morgan fingerprint density at radius 3 is 2.70 bits per heavy atom. The number of nitrogens with one attached hydrogen (secondary N) is 1. The summed E-state index contributed by atoms with van der Waals surface area (Å²) in [6.45, 7) is 4.43. The average molecular weight is 334 g/mol. The zero-order valence-corrected chi connectivity index (χ0v) is 14.2. The predicted molar refractivity (Wildman–Crippen MR) is 92.4 cm³/mol. The van der Waals surface area contributed by atoms with E-state index < -0.39 is 6.09 Å². The van der Waals surface area contributed by atoms with Crippen LogP contribution in [0.3, 0.4) is 0 Å². The largest absolute Gasteiger partial charge is 0.489 e. The van der Waals surface area contributed by atoms with Gasteiger partial charge in [0.1, 0.15) is 12.4 Å². The highest BCUT2D eigenvalue weighted by atomic mass is 35.5. The molecule has 0 aromatic heterocycles. The summed E-state index contributed by atoms with van der Waals surface area (Å²) in [6, 6.07) is 11.5. The molecule has 0 atom stereocenters. The van der Waals surface area contributed by atoms with E-state index in [-0.39, 0.29) is 0 Å². The zero-order valence-electron chi connectivity index (χ0n) is 13.5. The number of hydrogen-bond acceptors (Lipinski definition) is 3. The van der Waals surface area contributed by atoms with Gasteiger partial charge in [-0.05, 0) is 36.6 Å². The zero-order chi connectivity index (χ0) is 16.8. The second-order valence-electron chi connectivity index (χ2n) is 5.13. The maximum atomic E-state index is 11.5. The van der Waals surface area contributed by atoms with Gasteiger partial charge in [0.25, 0.3) is 0 Å². The van der Waals surface area contributed by atoms with E-state index in [9.17, 15) is 4.79 Å². The minimum Gasteiger partial charge on any atom is -0.489 e.